The molecule has 0 unspecified atom stereocenters. The van der Waals surface area contributed by atoms with Crippen molar-refractivity contribution in [2.45, 2.75) is 25.3 Å². The number of likely N-dealkylation sites (N-methyl/N-ethyl adjacent to an activating group) is 1. The average Bonchev–Trinajstić information content (AvgIpc) is 2.99. The first kappa shape index (κ1) is 11.5. The van der Waals surface area contributed by atoms with Crippen molar-refractivity contribution in [3.05, 3.63) is 24.3 Å². The van der Waals surface area contributed by atoms with Crippen molar-refractivity contribution in [2.75, 3.05) is 24.6 Å². The summed E-state index contributed by atoms with van der Waals surface area (Å²) in [5.41, 5.74) is 7.62. The van der Waals surface area contributed by atoms with E-state index in [2.05, 4.69) is 10.2 Å². The van der Waals surface area contributed by atoms with Gasteiger partial charge in [0, 0.05) is 6.54 Å². The number of nitrogen functional groups attached to an aromatic ring is 1. The zero-order valence-electron chi connectivity index (χ0n) is 10.6. The zero-order chi connectivity index (χ0) is 12.8. The predicted molar refractivity (Wildman–Crippen MR) is 72.2 cm³/mol. The van der Waals surface area contributed by atoms with Crippen molar-refractivity contribution >= 4 is 17.3 Å². The number of amides is 1. The molecule has 0 aromatic heterocycles. The molecule has 1 saturated carbocycles. The number of nitrogens with zero attached hydrogens (tertiary/aromatic N) is 1. The van der Waals surface area contributed by atoms with Gasteiger partial charge in [0.05, 0.1) is 17.4 Å². The van der Waals surface area contributed by atoms with Crippen LogP contribution in [0.1, 0.15) is 19.3 Å². The Hall–Kier alpha value is -1.55. The maximum atomic E-state index is 12.3. The molecule has 0 radical (unpaired) electrons. The molecule has 4 nitrogen and oxygen atoms in total. The third-order valence-corrected chi connectivity index (χ3v) is 4.22. The Morgan fingerprint density at radius 2 is 2.17 bits per heavy atom. The molecule has 2 aliphatic rings. The summed E-state index contributed by atoms with van der Waals surface area (Å²) in [5, 5.41) is 2.94. The van der Waals surface area contributed by atoms with Crippen molar-refractivity contribution in [3.63, 3.8) is 0 Å². The smallest absolute Gasteiger partial charge is 0.241 e. The van der Waals surface area contributed by atoms with Crippen LogP contribution in [0, 0.1) is 5.41 Å². The van der Waals surface area contributed by atoms with Crippen molar-refractivity contribution in [1.82, 2.24) is 4.90 Å². The molecule has 1 saturated heterocycles. The number of hydrogen-bond donors (Lipinski definition) is 2. The highest BCUT2D eigenvalue weighted by Gasteiger charge is 2.52. The molecule has 1 atom stereocenters. The first-order valence-electron chi connectivity index (χ1n) is 6.45. The number of carbonyl (C=O) groups excluding carboxylic acids is 1. The van der Waals surface area contributed by atoms with Crippen molar-refractivity contribution in [1.29, 1.82) is 0 Å². The fourth-order valence-electron chi connectivity index (χ4n) is 2.93. The first-order valence-corrected chi connectivity index (χ1v) is 6.45. The summed E-state index contributed by atoms with van der Waals surface area (Å²) in [7, 11) is 2.03. The van der Waals surface area contributed by atoms with Crippen LogP contribution in [-0.4, -0.2) is 30.4 Å². The van der Waals surface area contributed by atoms with E-state index >= 15 is 0 Å². The fraction of sp³-hybridized carbons (Fsp3) is 0.500. The molecular weight excluding hydrogens is 226 g/mol. The average molecular weight is 245 g/mol. The third kappa shape index (κ3) is 1.97. The van der Waals surface area contributed by atoms with Gasteiger partial charge < -0.3 is 11.1 Å². The number of para-hydroxylation sites is 2. The molecule has 4 heteroatoms. The maximum Gasteiger partial charge on any atom is 0.241 e. The van der Waals surface area contributed by atoms with E-state index < -0.39 is 0 Å². The lowest BCUT2D eigenvalue weighted by molar-refractivity contribution is -0.120. The molecule has 96 valence electrons. The topological polar surface area (TPSA) is 58.4 Å². The molecule has 2 fully saturated rings. The number of rotatable bonds is 2. The molecular formula is C14H19N3O. The van der Waals surface area contributed by atoms with E-state index in [9.17, 15) is 4.79 Å². The Morgan fingerprint density at radius 3 is 2.78 bits per heavy atom. The number of benzene rings is 1. The van der Waals surface area contributed by atoms with Crippen molar-refractivity contribution in [2.24, 2.45) is 5.41 Å². The molecule has 1 amide bonds. The van der Waals surface area contributed by atoms with Gasteiger partial charge in [0.25, 0.3) is 0 Å². The molecule has 1 aromatic carbocycles. The van der Waals surface area contributed by atoms with Gasteiger partial charge in [-0.3, -0.25) is 9.69 Å². The minimum absolute atomic E-state index is 0.00731. The number of hydrogen-bond acceptors (Lipinski definition) is 3. The molecule has 1 aromatic rings. The minimum atomic E-state index is -0.00731. The van der Waals surface area contributed by atoms with E-state index in [-0.39, 0.29) is 11.9 Å². The van der Waals surface area contributed by atoms with Gasteiger partial charge in [-0.15, -0.1) is 0 Å². The number of anilines is 2. The number of nitrogens with one attached hydrogen (secondary N) is 1. The van der Waals surface area contributed by atoms with E-state index in [1.807, 2.05) is 25.2 Å². The number of likely N-dealkylation sites (tertiary alicyclic amines) is 1. The van der Waals surface area contributed by atoms with Gasteiger partial charge in [-0.05, 0) is 43.9 Å². The Kier molecular flexibility index (Phi) is 2.55. The summed E-state index contributed by atoms with van der Waals surface area (Å²) in [6, 6.07) is 7.39. The predicted octanol–water partition coefficient (Wildman–Crippen LogP) is 1.69. The molecule has 1 spiro atoms. The van der Waals surface area contributed by atoms with Crippen LogP contribution in [0.15, 0.2) is 24.3 Å². The normalized spacial score (nSPS) is 25.3. The van der Waals surface area contributed by atoms with Gasteiger partial charge >= 0.3 is 0 Å². The Bertz CT molecular complexity index is 482. The van der Waals surface area contributed by atoms with Gasteiger partial charge in [0.1, 0.15) is 0 Å². The monoisotopic (exact) mass is 245 g/mol. The SMILES string of the molecule is CN1CC2(CC2)C[C@H]1C(=O)Nc1ccccc1N. The summed E-state index contributed by atoms with van der Waals surface area (Å²) in [6.45, 7) is 1.05. The van der Waals surface area contributed by atoms with Gasteiger partial charge in [-0.25, -0.2) is 0 Å². The van der Waals surface area contributed by atoms with Gasteiger partial charge in [-0.1, -0.05) is 12.1 Å². The molecule has 1 heterocycles. The van der Waals surface area contributed by atoms with Crippen LogP contribution in [0.25, 0.3) is 0 Å². The highest BCUT2D eigenvalue weighted by Crippen LogP contribution is 2.54. The Balaban J connectivity index is 1.70. The number of nitrogens with two attached hydrogens (primary N) is 1. The third-order valence-electron chi connectivity index (χ3n) is 4.22. The zero-order valence-corrected chi connectivity index (χ0v) is 10.6. The highest BCUT2D eigenvalue weighted by atomic mass is 16.2. The second-order valence-corrected chi connectivity index (χ2v) is 5.71. The standard InChI is InChI=1S/C14H19N3O/c1-17-9-14(6-7-14)8-12(17)13(18)16-11-5-3-2-4-10(11)15/h2-5,12H,6-9,15H2,1H3,(H,16,18)/t12-/m0/s1. The molecule has 3 N–H and O–H groups in total. The van der Waals surface area contributed by atoms with E-state index in [1.165, 1.54) is 12.8 Å². The maximum absolute atomic E-state index is 12.3. The molecule has 1 aliphatic carbocycles. The summed E-state index contributed by atoms with van der Waals surface area (Å²) < 4.78 is 0. The van der Waals surface area contributed by atoms with Crippen LogP contribution in [0.3, 0.4) is 0 Å². The van der Waals surface area contributed by atoms with Crippen LogP contribution in [0.4, 0.5) is 11.4 Å². The van der Waals surface area contributed by atoms with Crippen LogP contribution in [-0.2, 0) is 4.79 Å². The Morgan fingerprint density at radius 1 is 1.44 bits per heavy atom. The largest absolute Gasteiger partial charge is 0.397 e. The summed E-state index contributed by atoms with van der Waals surface area (Å²) in [5.74, 6) is 0.0687. The van der Waals surface area contributed by atoms with Gasteiger partial charge in [0.15, 0.2) is 0 Å². The summed E-state index contributed by atoms with van der Waals surface area (Å²) in [4.78, 5) is 14.5. The first-order chi connectivity index (χ1) is 8.60. The second-order valence-electron chi connectivity index (χ2n) is 5.71. The Labute approximate surface area is 107 Å². The quantitative estimate of drug-likeness (QED) is 0.780. The lowest BCUT2D eigenvalue weighted by Crippen LogP contribution is -2.37. The van der Waals surface area contributed by atoms with E-state index in [4.69, 9.17) is 5.73 Å². The molecule has 0 bridgehead atoms. The van der Waals surface area contributed by atoms with E-state index in [1.54, 1.807) is 6.07 Å². The van der Waals surface area contributed by atoms with Gasteiger partial charge in [0.2, 0.25) is 5.91 Å². The van der Waals surface area contributed by atoms with Crippen LogP contribution in [0.5, 0.6) is 0 Å². The van der Waals surface area contributed by atoms with Gasteiger partial charge in [-0.2, -0.15) is 0 Å². The van der Waals surface area contributed by atoms with Crippen molar-refractivity contribution in [3.8, 4) is 0 Å². The van der Waals surface area contributed by atoms with E-state index in [0.29, 0.717) is 16.8 Å². The number of carbonyl (C=O) groups is 1. The van der Waals surface area contributed by atoms with Crippen LogP contribution < -0.4 is 11.1 Å². The summed E-state index contributed by atoms with van der Waals surface area (Å²) >= 11 is 0. The summed E-state index contributed by atoms with van der Waals surface area (Å²) in [6.07, 6.45) is 3.53. The second kappa shape index (κ2) is 3.99. The molecule has 1 aliphatic heterocycles. The van der Waals surface area contributed by atoms with E-state index in [0.717, 1.165) is 13.0 Å². The molecule has 3 rings (SSSR count). The lowest BCUT2D eigenvalue weighted by Gasteiger charge is -2.19. The lowest BCUT2D eigenvalue weighted by atomic mass is 10.0. The highest BCUT2D eigenvalue weighted by molar-refractivity contribution is 5.97. The fourth-order valence-corrected chi connectivity index (χ4v) is 2.93. The van der Waals surface area contributed by atoms with Crippen molar-refractivity contribution < 1.29 is 4.79 Å². The minimum Gasteiger partial charge on any atom is -0.397 e. The van der Waals surface area contributed by atoms with Crippen LogP contribution >= 0.6 is 0 Å². The molecule has 18 heavy (non-hydrogen) atoms. The van der Waals surface area contributed by atoms with Crippen LogP contribution in [0.2, 0.25) is 0 Å².